The van der Waals surface area contributed by atoms with Gasteiger partial charge < -0.3 is 15.2 Å². The fourth-order valence-corrected chi connectivity index (χ4v) is 2.29. The highest BCUT2D eigenvalue weighted by molar-refractivity contribution is 6.32. The number of benzene rings is 2. The van der Waals surface area contributed by atoms with Gasteiger partial charge >= 0.3 is 0 Å². The Kier molecular flexibility index (Phi) is 5.28. The van der Waals surface area contributed by atoms with Crippen molar-refractivity contribution in [2.24, 2.45) is 5.73 Å². The minimum atomic E-state index is -0.380. The molecule has 2 aromatic carbocycles. The zero-order valence-electron chi connectivity index (χ0n) is 11.3. The fourth-order valence-electron chi connectivity index (χ4n) is 1.84. The van der Waals surface area contributed by atoms with Crippen LogP contribution in [-0.4, -0.2) is 7.11 Å². The third-order valence-electron chi connectivity index (χ3n) is 2.90. The highest BCUT2D eigenvalue weighted by Gasteiger charge is 2.13. The third kappa shape index (κ3) is 3.79. The molecule has 0 aliphatic heterocycles. The molecular weight excluding hydrogens is 316 g/mol. The number of halogens is 3. The third-order valence-corrected chi connectivity index (χ3v) is 3.55. The van der Waals surface area contributed by atoms with Crippen LogP contribution in [0.25, 0.3) is 0 Å². The zero-order chi connectivity index (χ0) is 15.4. The molecule has 6 heteroatoms. The van der Waals surface area contributed by atoms with Crippen molar-refractivity contribution in [3.63, 3.8) is 0 Å². The van der Waals surface area contributed by atoms with Gasteiger partial charge in [0.05, 0.1) is 12.1 Å². The van der Waals surface area contributed by atoms with Gasteiger partial charge in [0, 0.05) is 17.1 Å². The van der Waals surface area contributed by atoms with Crippen LogP contribution in [-0.2, 0) is 13.2 Å². The molecule has 2 rings (SSSR count). The maximum atomic E-state index is 13.2. The molecule has 0 heterocycles. The molecule has 0 atom stereocenters. The number of methoxy groups -OCH3 is 1. The predicted octanol–water partition coefficient (Wildman–Crippen LogP) is 4.18. The highest BCUT2D eigenvalue weighted by Crippen LogP contribution is 2.37. The molecule has 0 aliphatic rings. The van der Waals surface area contributed by atoms with Gasteiger partial charge in [-0.1, -0.05) is 23.2 Å². The van der Waals surface area contributed by atoms with Crippen LogP contribution in [0.1, 0.15) is 11.1 Å². The van der Waals surface area contributed by atoms with Crippen LogP contribution >= 0.6 is 23.2 Å². The van der Waals surface area contributed by atoms with Crippen LogP contribution in [0.3, 0.4) is 0 Å². The van der Waals surface area contributed by atoms with Crippen LogP contribution < -0.4 is 15.2 Å². The molecule has 0 bridgehead atoms. The van der Waals surface area contributed by atoms with Crippen LogP contribution in [0.5, 0.6) is 11.5 Å². The molecule has 0 amide bonds. The largest absolute Gasteiger partial charge is 0.493 e. The van der Waals surface area contributed by atoms with E-state index in [2.05, 4.69) is 0 Å². The molecule has 0 saturated carbocycles. The van der Waals surface area contributed by atoms with E-state index < -0.39 is 0 Å². The Morgan fingerprint density at radius 2 is 1.90 bits per heavy atom. The van der Waals surface area contributed by atoms with E-state index in [0.717, 1.165) is 5.56 Å². The van der Waals surface area contributed by atoms with Gasteiger partial charge in [0.15, 0.2) is 11.5 Å². The van der Waals surface area contributed by atoms with Crippen molar-refractivity contribution in [3.8, 4) is 11.5 Å². The average Bonchev–Trinajstić information content (AvgIpc) is 2.48. The summed E-state index contributed by atoms with van der Waals surface area (Å²) in [5.41, 5.74) is 6.93. The Labute approximate surface area is 132 Å². The Morgan fingerprint density at radius 3 is 2.57 bits per heavy atom. The summed E-state index contributed by atoms with van der Waals surface area (Å²) in [5.74, 6) is 0.460. The molecule has 0 aromatic heterocycles. The van der Waals surface area contributed by atoms with Crippen LogP contribution in [0, 0.1) is 5.82 Å². The van der Waals surface area contributed by atoms with Crippen molar-refractivity contribution in [3.05, 3.63) is 57.3 Å². The monoisotopic (exact) mass is 329 g/mol. The van der Waals surface area contributed by atoms with Crippen molar-refractivity contribution < 1.29 is 13.9 Å². The first-order valence-corrected chi connectivity index (χ1v) is 6.94. The lowest BCUT2D eigenvalue weighted by atomic mass is 10.2. The molecule has 0 fully saturated rings. The molecule has 2 N–H and O–H groups in total. The average molecular weight is 330 g/mol. The summed E-state index contributed by atoms with van der Waals surface area (Å²) < 4.78 is 24.1. The summed E-state index contributed by atoms with van der Waals surface area (Å²) in [6.45, 7) is 0.417. The van der Waals surface area contributed by atoms with E-state index in [1.807, 2.05) is 0 Å². The molecule has 0 spiro atoms. The Balaban J connectivity index is 2.25. The summed E-state index contributed by atoms with van der Waals surface area (Å²) in [6, 6.07) is 7.53. The topological polar surface area (TPSA) is 44.5 Å². The SMILES string of the molecule is COc1cc(CN)cc(Cl)c1OCc1cc(F)ccc1Cl. The zero-order valence-corrected chi connectivity index (χ0v) is 12.8. The van der Waals surface area contributed by atoms with Crippen molar-refractivity contribution in [2.45, 2.75) is 13.2 Å². The molecule has 0 aliphatic carbocycles. The van der Waals surface area contributed by atoms with Gasteiger partial charge in [-0.3, -0.25) is 0 Å². The second-order valence-corrected chi connectivity index (χ2v) is 5.15. The maximum absolute atomic E-state index is 13.2. The Bertz CT molecular complexity index is 650. The minimum Gasteiger partial charge on any atom is -0.493 e. The lowest BCUT2D eigenvalue weighted by Crippen LogP contribution is -2.02. The standard InChI is InChI=1S/C15H14Cl2FNO2/c1-20-14-5-9(7-19)4-13(17)15(14)21-8-10-6-11(18)2-3-12(10)16/h2-6H,7-8,19H2,1H3. The van der Waals surface area contributed by atoms with Gasteiger partial charge in [0.2, 0.25) is 0 Å². The van der Waals surface area contributed by atoms with Crippen molar-refractivity contribution in [2.75, 3.05) is 7.11 Å². The number of hydrogen-bond acceptors (Lipinski definition) is 3. The van der Waals surface area contributed by atoms with Crippen LogP contribution in [0.4, 0.5) is 4.39 Å². The second kappa shape index (κ2) is 6.98. The van der Waals surface area contributed by atoms with Gasteiger partial charge in [-0.2, -0.15) is 0 Å². The van der Waals surface area contributed by atoms with Crippen LogP contribution in [0.2, 0.25) is 10.0 Å². The predicted molar refractivity (Wildman–Crippen MR) is 81.6 cm³/mol. The fraction of sp³-hybridized carbons (Fsp3) is 0.200. The molecule has 3 nitrogen and oxygen atoms in total. The second-order valence-electron chi connectivity index (χ2n) is 4.34. The van der Waals surface area contributed by atoms with Gasteiger partial charge in [-0.05, 0) is 35.9 Å². The molecule has 112 valence electrons. The summed E-state index contributed by atoms with van der Waals surface area (Å²) >= 11 is 12.2. The van der Waals surface area contributed by atoms with E-state index in [0.29, 0.717) is 33.7 Å². The number of ether oxygens (including phenoxy) is 2. The first kappa shape index (κ1) is 15.9. The number of rotatable bonds is 5. The lowest BCUT2D eigenvalue weighted by molar-refractivity contribution is 0.284. The minimum absolute atomic E-state index is 0.0780. The summed E-state index contributed by atoms with van der Waals surface area (Å²) in [6.07, 6.45) is 0. The van der Waals surface area contributed by atoms with Crippen LogP contribution in [0.15, 0.2) is 30.3 Å². The first-order valence-electron chi connectivity index (χ1n) is 6.18. The van der Waals surface area contributed by atoms with E-state index in [1.54, 1.807) is 12.1 Å². The summed E-state index contributed by atoms with van der Waals surface area (Å²) in [5, 5.41) is 0.799. The molecular formula is C15H14Cl2FNO2. The van der Waals surface area contributed by atoms with Crippen molar-refractivity contribution in [1.82, 2.24) is 0 Å². The van der Waals surface area contributed by atoms with Crippen molar-refractivity contribution in [1.29, 1.82) is 0 Å². The quantitative estimate of drug-likeness (QED) is 0.894. The molecule has 21 heavy (non-hydrogen) atoms. The maximum Gasteiger partial charge on any atom is 0.180 e. The first-order chi connectivity index (χ1) is 10.0. The van der Waals surface area contributed by atoms with Gasteiger partial charge in [0.25, 0.3) is 0 Å². The summed E-state index contributed by atoms with van der Waals surface area (Å²) in [4.78, 5) is 0. The normalized spacial score (nSPS) is 10.5. The number of hydrogen-bond donors (Lipinski definition) is 1. The summed E-state index contributed by atoms with van der Waals surface area (Å²) in [7, 11) is 1.51. The van der Waals surface area contributed by atoms with Gasteiger partial charge in [-0.15, -0.1) is 0 Å². The van der Waals surface area contributed by atoms with E-state index in [9.17, 15) is 4.39 Å². The van der Waals surface area contributed by atoms with E-state index in [4.69, 9.17) is 38.4 Å². The van der Waals surface area contributed by atoms with Crippen molar-refractivity contribution >= 4 is 23.2 Å². The van der Waals surface area contributed by atoms with Gasteiger partial charge in [0.1, 0.15) is 12.4 Å². The lowest BCUT2D eigenvalue weighted by Gasteiger charge is -2.14. The molecule has 0 saturated heterocycles. The molecule has 0 unspecified atom stereocenters. The molecule has 0 radical (unpaired) electrons. The molecule has 2 aromatic rings. The van der Waals surface area contributed by atoms with E-state index in [-0.39, 0.29) is 12.4 Å². The number of nitrogens with two attached hydrogens (primary N) is 1. The Hall–Kier alpha value is -1.49. The highest BCUT2D eigenvalue weighted by atomic mass is 35.5. The van der Waals surface area contributed by atoms with Gasteiger partial charge in [-0.25, -0.2) is 4.39 Å². The smallest absolute Gasteiger partial charge is 0.180 e. The Morgan fingerprint density at radius 1 is 1.14 bits per heavy atom. The van der Waals surface area contributed by atoms with E-state index >= 15 is 0 Å². The van der Waals surface area contributed by atoms with E-state index in [1.165, 1.54) is 25.3 Å².